The van der Waals surface area contributed by atoms with Crippen molar-refractivity contribution in [1.29, 1.82) is 0 Å². The van der Waals surface area contributed by atoms with E-state index in [9.17, 15) is 4.79 Å². The van der Waals surface area contributed by atoms with Gasteiger partial charge in [0.25, 0.3) is 5.91 Å². The van der Waals surface area contributed by atoms with E-state index in [4.69, 9.17) is 5.73 Å². The van der Waals surface area contributed by atoms with Crippen molar-refractivity contribution in [3.8, 4) is 0 Å². The highest BCUT2D eigenvalue weighted by atomic mass is 32.1. The molecular weight excluding hydrogens is 268 g/mol. The summed E-state index contributed by atoms with van der Waals surface area (Å²) in [7, 11) is 0. The molecule has 1 aromatic heterocycles. The fourth-order valence-electron chi connectivity index (χ4n) is 1.93. The first-order valence-electron chi connectivity index (χ1n) is 6.80. The molecule has 20 heavy (non-hydrogen) atoms. The van der Waals surface area contributed by atoms with Crippen LogP contribution in [0.25, 0.3) is 10.1 Å². The molecule has 0 bridgehead atoms. The molecule has 3 nitrogen and oxygen atoms in total. The first kappa shape index (κ1) is 14.9. The van der Waals surface area contributed by atoms with Crippen LogP contribution < -0.4 is 11.1 Å². The zero-order chi connectivity index (χ0) is 15.1. The molecule has 2 rings (SSSR count). The zero-order valence-electron chi connectivity index (χ0n) is 12.7. The molecular formula is C16H22N2OS. The van der Waals surface area contributed by atoms with E-state index in [2.05, 4.69) is 26.1 Å². The van der Waals surface area contributed by atoms with E-state index in [1.807, 2.05) is 32.0 Å². The topological polar surface area (TPSA) is 55.1 Å². The summed E-state index contributed by atoms with van der Waals surface area (Å²) in [5, 5.41) is 4.02. The molecule has 3 N–H and O–H groups in total. The number of nitrogen functional groups attached to an aromatic ring is 1. The molecule has 0 aliphatic carbocycles. The molecule has 1 amide bonds. The third kappa shape index (κ3) is 2.66. The Labute approximate surface area is 124 Å². The van der Waals surface area contributed by atoms with Gasteiger partial charge >= 0.3 is 0 Å². The van der Waals surface area contributed by atoms with Crippen molar-refractivity contribution in [1.82, 2.24) is 5.32 Å². The van der Waals surface area contributed by atoms with Crippen LogP contribution in [0, 0.1) is 12.3 Å². The van der Waals surface area contributed by atoms with E-state index >= 15 is 0 Å². The number of carbonyl (C=O) groups excluding carboxylic acids is 1. The number of hydrogen-bond donors (Lipinski definition) is 2. The largest absolute Gasteiger partial charge is 0.397 e. The van der Waals surface area contributed by atoms with Gasteiger partial charge in [-0.05, 0) is 24.8 Å². The van der Waals surface area contributed by atoms with Crippen molar-refractivity contribution in [3.05, 3.63) is 28.6 Å². The van der Waals surface area contributed by atoms with Crippen LogP contribution >= 0.6 is 11.3 Å². The summed E-state index contributed by atoms with van der Waals surface area (Å²) >= 11 is 1.47. The summed E-state index contributed by atoms with van der Waals surface area (Å²) in [5.41, 5.74) is 7.91. The molecule has 108 valence electrons. The third-order valence-electron chi connectivity index (χ3n) is 3.80. The Bertz CT molecular complexity index is 652. The van der Waals surface area contributed by atoms with E-state index in [1.54, 1.807) is 0 Å². The highest BCUT2D eigenvalue weighted by Crippen LogP contribution is 2.35. The summed E-state index contributed by atoms with van der Waals surface area (Å²) in [4.78, 5) is 13.0. The maximum Gasteiger partial charge on any atom is 0.263 e. The molecule has 1 aromatic carbocycles. The number of benzene rings is 1. The zero-order valence-corrected chi connectivity index (χ0v) is 13.5. The average molecular weight is 290 g/mol. The molecule has 4 heteroatoms. The maximum absolute atomic E-state index is 12.4. The quantitative estimate of drug-likeness (QED) is 0.879. The molecule has 0 fully saturated rings. The van der Waals surface area contributed by atoms with Gasteiger partial charge in [-0.3, -0.25) is 4.79 Å². The molecule has 1 atom stereocenters. The molecule has 0 radical (unpaired) electrons. The van der Waals surface area contributed by atoms with Gasteiger partial charge in [0.2, 0.25) is 0 Å². The Morgan fingerprint density at radius 1 is 1.35 bits per heavy atom. The van der Waals surface area contributed by atoms with Crippen molar-refractivity contribution in [2.24, 2.45) is 5.41 Å². The van der Waals surface area contributed by atoms with Crippen LogP contribution in [0.3, 0.4) is 0 Å². The number of rotatable bonds is 2. The number of carbonyl (C=O) groups is 1. The van der Waals surface area contributed by atoms with Crippen molar-refractivity contribution < 1.29 is 4.79 Å². The van der Waals surface area contributed by atoms with Gasteiger partial charge < -0.3 is 11.1 Å². The third-order valence-corrected chi connectivity index (χ3v) is 5.16. The van der Waals surface area contributed by atoms with Gasteiger partial charge in [0, 0.05) is 16.1 Å². The van der Waals surface area contributed by atoms with Crippen LogP contribution in [0.2, 0.25) is 0 Å². The van der Waals surface area contributed by atoms with E-state index in [0.717, 1.165) is 15.6 Å². The van der Waals surface area contributed by atoms with Crippen LogP contribution in [0.15, 0.2) is 18.2 Å². The summed E-state index contributed by atoms with van der Waals surface area (Å²) in [6, 6.07) is 6.07. The summed E-state index contributed by atoms with van der Waals surface area (Å²) < 4.78 is 1.10. The SMILES string of the molecule is Cc1cccc2c(N)c(C(=O)NC(C)C(C)(C)C)sc12. The number of amides is 1. The number of aryl methyl sites for hydroxylation is 1. The van der Waals surface area contributed by atoms with Gasteiger partial charge in [-0.15, -0.1) is 11.3 Å². The van der Waals surface area contributed by atoms with Crippen LogP contribution in [0.4, 0.5) is 5.69 Å². The minimum absolute atomic E-state index is 0.0248. The van der Waals surface area contributed by atoms with Crippen molar-refractivity contribution in [3.63, 3.8) is 0 Å². The second kappa shape index (κ2) is 5.09. The Kier molecular flexibility index (Phi) is 3.78. The van der Waals surface area contributed by atoms with Crippen molar-refractivity contribution in [2.45, 2.75) is 40.7 Å². The van der Waals surface area contributed by atoms with Crippen LogP contribution in [-0.2, 0) is 0 Å². The molecule has 2 aromatic rings. The minimum Gasteiger partial charge on any atom is -0.397 e. The summed E-state index contributed by atoms with van der Waals surface area (Å²) in [5.74, 6) is -0.0782. The Morgan fingerprint density at radius 3 is 2.55 bits per heavy atom. The minimum atomic E-state index is -0.0782. The molecule has 0 aliphatic heterocycles. The number of hydrogen-bond acceptors (Lipinski definition) is 3. The molecule has 0 saturated carbocycles. The van der Waals surface area contributed by atoms with E-state index in [0.29, 0.717) is 10.6 Å². The lowest BCUT2D eigenvalue weighted by Crippen LogP contribution is -2.41. The highest BCUT2D eigenvalue weighted by Gasteiger charge is 2.24. The Balaban J connectivity index is 2.36. The smallest absolute Gasteiger partial charge is 0.263 e. The number of anilines is 1. The maximum atomic E-state index is 12.4. The average Bonchev–Trinajstić information content (AvgIpc) is 2.67. The number of nitrogens with two attached hydrogens (primary N) is 1. The normalized spacial score (nSPS) is 13.4. The fourth-order valence-corrected chi connectivity index (χ4v) is 3.02. The van der Waals surface area contributed by atoms with Crippen LogP contribution in [-0.4, -0.2) is 11.9 Å². The van der Waals surface area contributed by atoms with Crippen molar-refractivity contribution in [2.75, 3.05) is 5.73 Å². The summed E-state index contributed by atoms with van der Waals surface area (Å²) in [6.45, 7) is 10.4. The number of fused-ring (bicyclic) bond motifs is 1. The van der Waals surface area contributed by atoms with Gasteiger partial charge in [0.1, 0.15) is 4.88 Å². The van der Waals surface area contributed by atoms with Crippen LogP contribution in [0.5, 0.6) is 0 Å². The standard InChI is InChI=1S/C16H22N2OS/c1-9-7-6-8-11-12(17)14(20-13(9)11)15(19)18-10(2)16(3,4)5/h6-8,10H,17H2,1-5H3,(H,18,19). The van der Waals surface area contributed by atoms with E-state index in [1.165, 1.54) is 11.3 Å². The molecule has 1 unspecified atom stereocenters. The molecule has 1 heterocycles. The van der Waals surface area contributed by atoms with Gasteiger partial charge in [0.05, 0.1) is 5.69 Å². The lowest BCUT2D eigenvalue weighted by Gasteiger charge is -2.27. The fraction of sp³-hybridized carbons (Fsp3) is 0.438. The predicted octanol–water partition coefficient (Wildman–Crippen LogP) is 3.96. The molecule has 0 aliphatic rings. The highest BCUT2D eigenvalue weighted by molar-refractivity contribution is 7.21. The first-order valence-corrected chi connectivity index (χ1v) is 7.62. The monoisotopic (exact) mass is 290 g/mol. The second-order valence-corrected chi connectivity index (χ2v) is 7.38. The van der Waals surface area contributed by atoms with Gasteiger partial charge in [-0.25, -0.2) is 0 Å². The Morgan fingerprint density at radius 2 is 2.00 bits per heavy atom. The molecule has 0 saturated heterocycles. The van der Waals surface area contributed by atoms with Crippen molar-refractivity contribution >= 4 is 33.0 Å². The lowest BCUT2D eigenvalue weighted by molar-refractivity contribution is 0.0915. The number of nitrogens with one attached hydrogen (secondary N) is 1. The number of thiophene rings is 1. The molecule has 0 spiro atoms. The first-order chi connectivity index (χ1) is 9.21. The van der Waals surface area contributed by atoms with Gasteiger partial charge in [-0.1, -0.05) is 39.0 Å². The second-order valence-electron chi connectivity index (χ2n) is 6.36. The lowest BCUT2D eigenvalue weighted by atomic mass is 9.88. The van der Waals surface area contributed by atoms with E-state index in [-0.39, 0.29) is 17.4 Å². The summed E-state index contributed by atoms with van der Waals surface area (Å²) in [6.07, 6.45) is 0. The van der Waals surface area contributed by atoms with E-state index < -0.39 is 0 Å². The predicted molar refractivity (Wildman–Crippen MR) is 87.4 cm³/mol. The van der Waals surface area contributed by atoms with Gasteiger partial charge in [0.15, 0.2) is 0 Å². The Hall–Kier alpha value is -1.55. The van der Waals surface area contributed by atoms with Crippen LogP contribution in [0.1, 0.15) is 42.9 Å². The van der Waals surface area contributed by atoms with Gasteiger partial charge in [-0.2, -0.15) is 0 Å².